The molecule has 1 aromatic heterocycles. The van der Waals surface area contributed by atoms with Gasteiger partial charge in [-0.05, 0) is 45.4 Å². The van der Waals surface area contributed by atoms with Crippen molar-refractivity contribution in [2.45, 2.75) is 38.8 Å². The molecule has 0 spiro atoms. The molecule has 16 heavy (non-hydrogen) atoms. The predicted octanol–water partition coefficient (Wildman–Crippen LogP) is 2.03. The number of aliphatic hydroxyl groups is 1. The molecule has 0 aromatic carbocycles. The van der Waals surface area contributed by atoms with E-state index in [0.717, 1.165) is 25.1 Å². The number of pyridine rings is 1. The second-order valence-electron chi connectivity index (χ2n) is 4.07. The van der Waals surface area contributed by atoms with Gasteiger partial charge in [0.15, 0.2) is 0 Å². The van der Waals surface area contributed by atoms with Gasteiger partial charge in [-0.2, -0.15) is 0 Å². The van der Waals surface area contributed by atoms with Crippen molar-refractivity contribution in [1.82, 2.24) is 10.3 Å². The lowest BCUT2D eigenvalue weighted by Gasteiger charge is -2.13. The molecule has 3 nitrogen and oxygen atoms in total. The molecule has 1 heterocycles. The van der Waals surface area contributed by atoms with Crippen molar-refractivity contribution in [3.8, 4) is 0 Å². The number of rotatable bonds is 6. The summed E-state index contributed by atoms with van der Waals surface area (Å²) in [6.45, 7) is 4.60. The summed E-state index contributed by atoms with van der Waals surface area (Å²) in [6.07, 6.45) is 2.68. The molecular weight excluding hydrogens is 207 g/mol. The molecule has 1 rings (SSSR count). The van der Waals surface area contributed by atoms with Crippen LogP contribution < -0.4 is 5.32 Å². The number of aliphatic hydroxyl groups excluding tert-OH is 1. The van der Waals surface area contributed by atoms with Crippen molar-refractivity contribution in [2.24, 2.45) is 0 Å². The molecule has 0 aliphatic heterocycles. The van der Waals surface area contributed by atoms with Crippen LogP contribution in [0.3, 0.4) is 0 Å². The van der Waals surface area contributed by atoms with Gasteiger partial charge in [0.2, 0.25) is 0 Å². The van der Waals surface area contributed by atoms with E-state index >= 15 is 0 Å². The minimum atomic E-state index is -0.315. The fourth-order valence-corrected chi connectivity index (χ4v) is 1.46. The van der Waals surface area contributed by atoms with E-state index in [1.54, 1.807) is 13.0 Å². The van der Waals surface area contributed by atoms with E-state index in [9.17, 15) is 4.39 Å². The van der Waals surface area contributed by atoms with Gasteiger partial charge in [0, 0.05) is 6.04 Å². The van der Waals surface area contributed by atoms with Crippen molar-refractivity contribution in [3.63, 3.8) is 0 Å². The zero-order chi connectivity index (χ0) is 12.0. The van der Waals surface area contributed by atoms with Crippen molar-refractivity contribution < 1.29 is 9.50 Å². The van der Waals surface area contributed by atoms with Crippen molar-refractivity contribution in [3.05, 3.63) is 29.8 Å². The molecule has 0 saturated carbocycles. The van der Waals surface area contributed by atoms with Gasteiger partial charge in [-0.1, -0.05) is 0 Å². The number of nitrogens with one attached hydrogen (secondary N) is 1. The molecule has 2 unspecified atom stereocenters. The van der Waals surface area contributed by atoms with E-state index in [-0.39, 0.29) is 18.0 Å². The van der Waals surface area contributed by atoms with Crippen molar-refractivity contribution >= 4 is 0 Å². The Bertz CT molecular complexity index is 300. The van der Waals surface area contributed by atoms with Gasteiger partial charge in [-0.15, -0.1) is 0 Å². The molecule has 0 bridgehead atoms. The monoisotopic (exact) mass is 226 g/mol. The number of hydrogen-bond donors (Lipinski definition) is 2. The topological polar surface area (TPSA) is 45.1 Å². The van der Waals surface area contributed by atoms with Crippen LogP contribution >= 0.6 is 0 Å². The van der Waals surface area contributed by atoms with Gasteiger partial charge in [-0.3, -0.25) is 4.98 Å². The average molecular weight is 226 g/mol. The zero-order valence-corrected chi connectivity index (χ0v) is 9.78. The Kier molecular flexibility index (Phi) is 5.35. The predicted molar refractivity (Wildman–Crippen MR) is 61.5 cm³/mol. The molecule has 0 saturated heterocycles. The molecule has 0 aliphatic rings. The van der Waals surface area contributed by atoms with Crippen LogP contribution in [-0.4, -0.2) is 22.7 Å². The van der Waals surface area contributed by atoms with Crippen LogP contribution in [0.1, 0.15) is 38.4 Å². The Labute approximate surface area is 95.7 Å². The van der Waals surface area contributed by atoms with Crippen LogP contribution in [0.2, 0.25) is 0 Å². The zero-order valence-electron chi connectivity index (χ0n) is 9.78. The summed E-state index contributed by atoms with van der Waals surface area (Å²) in [5.74, 6) is -0.315. The molecule has 0 fully saturated rings. The number of nitrogens with zero attached hydrogens (tertiary/aromatic N) is 1. The normalized spacial score (nSPS) is 14.8. The Morgan fingerprint density at radius 2 is 2.19 bits per heavy atom. The summed E-state index contributed by atoms with van der Waals surface area (Å²) in [4.78, 5) is 4.01. The van der Waals surface area contributed by atoms with Crippen LogP contribution in [0.4, 0.5) is 4.39 Å². The molecule has 90 valence electrons. The lowest BCUT2D eigenvalue weighted by Crippen LogP contribution is -2.21. The summed E-state index contributed by atoms with van der Waals surface area (Å²) in [7, 11) is 0. The minimum absolute atomic E-state index is 0.106. The summed E-state index contributed by atoms with van der Waals surface area (Å²) in [5, 5.41) is 12.4. The van der Waals surface area contributed by atoms with Gasteiger partial charge < -0.3 is 10.4 Å². The third kappa shape index (κ3) is 4.68. The molecule has 4 heteroatoms. The Morgan fingerprint density at radius 3 is 2.75 bits per heavy atom. The maximum atomic E-state index is 12.6. The summed E-state index contributed by atoms with van der Waals surface area (Å²) < 4.78 is 12.6. The van der Waals surface area contributed by atoms with E-state index in [2.05, 4.69) is 10.3 Å². The SMILES string of the molecule is CC(O)CCCNC(C)c1ccc(F)cn1. The van der Waals surface area contributed by atoms with E-state index in [4.69, 9.17) is 5.11 Å². The standard InChI is InChI=1S/C12H19FN2O/c1-9(16)4-3-7-14-10(2)12-6-5-11(13)8-15-12/h5-6,8-10,14,16H,3-4,7H2,1-2H3. The van der Waals surface area contributed by atoms with Crippen LogP contribution in [0, 0.1) is 5.82 Å². The van der Waals surface area contributed by atoms with E-state index in [1.807, 2.05) is 6.92 Å². The van der Waals surface area contributed by atoms with Gasteiger partial charge >= 0.3 is 0 Å². The van der Waals surface area contributed by atoms with Crippen LogP contribution in [0.15, 0.2) is 18.3 Å². The van der Waals surface area contributed by atoms with E-state index < -0.39 is 0 Å². The average Bonchev–Trinajstić information content (AvgIpc) is 2.25. The first-order valence-corrected chi connectivity index (χ1v) is 5.62. The highest BCUT2D eigenvalue weighted by Crippen LogP contribution is 2.09. The molecule has 0 radical (unpaired) electrons. The maximum absolute atomic E-state index is 12.6. The quantitative estimate of drug-likeness (QED) is 0.729. The Hall–Kier alpha value is -1.00. The molecular formula is C12H19FN2O. The fraction of sp³-hybridized carbons (Fsp3) is 0.583. The first-order valence-electron chi connectivity index (χ1n) is 5.62. The van der Waals surface area contributed by atoms with E-state index in [0.29, 0.717) is 0 Å². The summed E-state index contributed by atoms with van der Waals surface area (Å²) in [6, 6.07) is 3.20. The molecule has 2 atom stereocenters. The second-order valence-corrected chi connectivity index (χ2v) is 4.07. The van der Waals surface area contributed by atoms with E-state index in [1.165, 1.54) is 12.3 Å². The Balaban J connectivity index is 2.29. The maximum Gasteiger partial charge on any atom is 0.141 e. The van der Waals surface area contributed by atoms with Crippen LogP contribution in [-0.2, 0) is 0 Å². The van der Waals surface area contributed by atoms with Crippen molar-refractivity contribution in [2.75, 3.05) is 6.54 Å². The fourth-order valence-electron chi connectivity index (χ4n) is 1.46. The molecule has 0 aliphatic carbocycles. The minimum Gasteiger partial charge on any atom is -0.393 e. The van der Waals surface area contributed by atoms with Gasteiger partial charge in [-0.25, -0.2) is 4.39 Å². The smallest absolute Gasteiger partial charge is 0.141 e. The largest absolute Gasteiger partial charge is 0.393 e. The number of hydrogen-bond acceptors (Lipinski definition) is 3. The highest BCUT2D eigenvalue weighted by atomic mass is 19.1. The number of aromatic nitrogens is 1. The van der Waals surface area contributed by atoms with Gasteiger partial charge in [0.05, 0.1) is 18.0 Å². The van der Waals surface area contributed by atoms with Crippen molar-refractivity contribution in [1.29, 1.82) is 0 Å². The van der Waals surface area contributed by atoms with Crippen LogP contribution in [0.5, 0.6) is 0 Å². The first-order chi connectivity index (χ1) is 7.59. The molecule has 0 amide bonds. The van der Waals surface area contributed by atoms with Gasteiger partial charge in [0.1, 0.15) is 5.82 Å². The summed E-state index contributed by atoms with van der Waals surface area (Å²) >= 11 is 0. The second kappa shape index (κ2) is 6.55. The first kappa shape index (κ1) is 13.1. The number of halogens is 1. The Morgan fingerprint density at radius 1 is 1.44 bits per heavy atom. The van der Waals surface area contributed by atoms with Gasteiger partial charge in [0.25, 0.3) is 0 Å². The highest BCUT2D eigenvalue weighted by molar-refractivity contribution is 5.08. The molecule has 1 aromatic rings. The molecule has 2 N–H and O–H groups in total. The lowest BCUT2D eigenvalue weighted by atomic mass is 10.2. The lowest BCUT2D eigenvalue weighted by molar-refractivity contribution is 0.181. The third-order valence-corrected chi connectivity index (χ3v) is 2.44. The summed E-state index contributed by atoms with van der Waals surface area (Å²) in [5.41, 5.74) is 0.832. The van der Waals surface area contributed by atoms with Crippen LogP contribution in [0.25, 0.3) is 0 Å². The third-order valence-electron chi connectivity index (χ3n) is 2.44. The highest BCUT2D eigenvalue weighted by Gasteiger charge is 2.05.